The van der Waals surface area contributed by atoms with Gasteiger partial charge in [-0.2, -0.15) is 0 Å². The third kappa shape index (κ3) is 6.38. The molecule has 12 heteroatoms. The van der Waals surface area contributed by atoms with E-state index in [1.165, 1.54) is 5.57 Å². The minimum absolute atomic E-state index is 0.0140. The van der Waals surface area contributed by atoms with Gasteiger partial charge in [0.1, 0.15) is 48.0 Å². The third-order valence-electron chi connectivity index (χ3n) is 13.9. The molecule has 17 atom stereocenters. The van der Waals surface area contributed by atoms with E-state index in [1.54, 1.807) is 6.92 Å². The maximum Gasteiger partial charge on any atom is 0.186 e. The second-order valence-electron chi connectivity index (χ2n) is 17.0. The average Bonchev–Trinajstić information content (AvgIpc) is 3.29. The van der Waals surface area contributed by atoms with Crippen LogP contribution in [0.25, 0.3) is 0 Å². The molecule has 280 valence electrons. The molecular formula is C37H60O12. The number of hydrogen-bond acceptors (Lipinski definition) is 12. The fourth-order valence-electron chi connectivity index (χ4n) is 10.8. The van der Waals surface area contributed by atoms with Gasteiger partial charge in [-0.15, -0.1) is 0 Å². The lowest BCUT2D eigenvalue weighted by molar-refractivity contribution is -0.344. The molecule has 2 saturated heterocycles. The van der Waals surface area contributed by atoms with Crippen molar-refractivity contribution < 1.29 is 59.5 Å². The van der Waals surface area contributed by atoms with Crippen LogP contribution < -0.4 is 0 Å². The van der Waals surface area contributed by atoms with Crippen molar-refractivity contribution in [3.8, 4) is 0 Å². The molecule has 0 aromatic rings. The van der Waals surface area contributed by atoms with Gasteiger partial charge in [0.2, 0.25) is 0 Å². The Bertz CT molecular complexity index is 1230. The van der Waals surface area contributed by atoms with Gasteiger partial charge in [0, 0.05) is 17.8 Å². The standard InChI is InChI=1S/C37H60O12/c1-18(2)6-9-25(39)19(3)37(45)28(48-34-31(44)32(27(41)17-47-34)49-33-30(43)29(42)26(40)16-46-33)15-24-22-8-7-20-14-21(38)10-12-35(20,4)23(22)11-13-36(24,37)5/h7,18-19,21-24,26-34,38,40-45H,6,8-17H2,1-5H3. The van der Waals surface area contributed by atoms with Gasteiger partial charge >= 0.3 is 0 Å². The van der Waals surface area contributed by atoms with Crippen LogP contribution >= 0.6 is 0 Å². The monoisotopic (exact) mass is 696 g/mol. The van der Waals surface area contributed by atoms with E-state index in [-0.39, 0.29) is 42.4 Å². The van der Waals surface area contributed by atoms with Crippen LogP contribution in [0, 0.1) is 40.4 Å². The summed E-state index contributed by atoms with van der Waals surface area (Å²) in [6.45, 7) is 9.78. The van der Waals surface area contributed by atoms with E-state index in [1.807, 2.05) is 0 Å². The molecule has 49 heavy (non-hydrogen) atoms. The highest BCUT2D eigenvalue weighted by atomic mass is 16.7. The quantitative estimate of drug-likeness (QED) is 0.172. The van der Waals surface area contributed by atoms with Crippen LogP contribution in [0.4, 0.5) is 0 Å². The third-order valence-corrected chi connectivity index (χ3v) is 13.9. The Kier molecular flexibility index (Phi) is 10.8. The molecule has 12 nitrogen and oxygen atoms in total. The zero-order valence-corrected chi connectivity index (χ0v) is 29.7. The van der Waals surface area contributed by atoms with E-state index in [0.717, 1.165) is 25.7 Å². The first kappa shape index (κ1) is 37.7. The van der Waals surface area contributed by atoms with E-state index in [9.17, 15) is 40.5 Å². The Hall–Kier alpha value is -1.03. The number of ether oxygens (including phenoxy) is 4. The van der Waals surface area contributed by atoms with Crippen molar-refractivity contribution in [1.29, 1.82) is 0 Å². The molecule has 0 radical (unpaired) electrons. The highest BCUT2D eigenvalue weighted by molar-refractivity contribution is 5.82. The van der Waals surface area contributed by atoms with Crippen LogP contribution in [0.2, 0.25) is 0 Å². The number of hydrogen-bond donors (Lipinski definition) is 7. The van der Waals surface area contributed by atoms with Crippen molar-refractivity contribution >= 4 is 5.78 Å². The van der Waals surface area contributed by atoms with Crippen LogP contribution in [0.15, 0.2) is 11.6 Å². The maximum absolute atomic E-state index is 13.8. The molecule has 5 fully saturated rings. The van der Waals surface area contributed by atoms with E-state index in [2.05, 4.69) is 33.8 Å². The number of aliphatic hydroxyl groups excluding tert-OH is 6. The maximum atomic E-state index is 13.8. The summed E-state index contributed by atoms with van der Waals surface area (Å²) in [4.78, 5) is 13.8. The summed E-state index contributed by atoms with van der Waals surface area (Å²) < 4.78 is 23.6. The number of allylic oxidation sites excluding steroid dienone is 1. The van der Waals surface area contributed by atoms with E-state index in [4.69, 9.17) is 18.9 Å². The number of carbonyl (C=O) groups excluding carboxylic acids is 1. The summed E-state index contributed by atoms with van der Waals surface area (Å²) in [6, 6.07) is 0. The zero-order chi connectivity index (χ0) is 35.6. The van der Waals surface area contributed by atoms with Crippen LogP contribution in [0.3, 0.4) is 0 Å². The Morgan fingerprint density at radius 1 is 0.898 bits per heavy atom. The molecule has 0 amide bonds. The number of fused-ring (bicyclic) bond motifs is 5. The molecule has 17 unspecified atom stereocenters. The van der Waals surface area contributed by atoms with Crippen LogP contribution in [0.5, 0.6) is 0 Å². The summed E-state index contributed by atoms with van der Waals surface area (Å²) >= 11 is 0. The molecular weight excluding hydrogens is 636 g/mol. The Morgan fingerprint density at radius 2 is 1.57 bits per heavy atom. The van der Waals surface area contributed by atoms with Crippen molar-refractivity contribution in [2.45, 2.75) is 159 Å². The van der Waals surface area contributed by atoms with Gasteiger partial charge in [0.25, 0.3) is 0 Å². The lowest BCUT2D eigenvalue weighted by Gasteiger charge is -2.59. The van der Waals surface area contributed by atoms with E-state index in [0.29, 0.717) is 43.9 Å². The van der Waals surface area contributed by atoms with Gasteiger partial charge in [0.05, 0.1) is 25.4 Å². The van der Waals surface area contributed by atoms with Crippen molar-refractivity contribution in [2.24, 2.45) is 40.4 Å². The molecule has 0 aromatic heterocycles. The molecule has 6 rings (SSSR count). The molecule has 0 aromatic carbocycles. The largest absolute Gasteiger partial charge is 0.393 e. The highest BCUT2D eigenvalue weighted by Crippen LogP contribution is 2.69. The highest BCUT2D eigenvalue weighted by Gasteiger charge is 2.70. The van der Waals surface area contributed by atoms with Crippen LogP contribution in [-0.2, 0) is 23.7 Å². The molecule has 0 bridgehead atoms. The first-order valence-corrected chi connectivity index (χ1v) is 18.6. The van der Waals surface area contributed by atoms with E-state index >= 15 is 0 Å². The average molecular weight is 697 g/mol. The van der Waals surface area contributed by atoms with Crippen molar-refractivity contribution in [3.05, 3.63) is 11.6 Å². The summed E-state index contributed by atoms with van der Waals surface area (Å²) in [5.74, 6) is 0.160. The summed E-state index contributed by atoms with van der Waals surface area (Å²) in [6.07, 6.45) is -4.08. The molecule has 2 aliphatic heterocycles. The number of carbonyl (C=O) groups is 1. The Balaban J connectivity index is 1.28. The summed E-state index contributed by atoms with van der Waals surface area (Å²) in [7, 11) is 0. The molecule has 2 heterocycles. The number of rotatable bonds is 9. The van der Waals surface area contributed by atoms with E-state index < -0.39 is 72.2 Å². The van der Waals surface area contributed by atoms with Gasteiger partial charge in [-0.25, -0.2) is 0 Å². The predicted molar refractivity (Wildman–Crippen MR) is 176 cm³/mol. The minimum atomic E-state index is -1.63. The van der Waals surface area contributed by atoms with Gasteiger partial charge in [0.15, 0.2) is 12.6 Å². The second kappa shape index (κ2) is 14.1. The Morgan fingerprint density at radius 3 is 2.27 bits per heavy atom. The fourth-order valence-corrected chi connectivity index (χ4v) is 10.8. The SMILES string of the molecule is CC(C)CCC(=O)C(C)C1(O)C(OC2OCC(O)C(OC3OCC(O)C(O)C3O)C2O)CC2C3CC=C4CC(O)CCC4(C)C3CCC21C. The van der Waals surface area contributed by atoms with Crippen molar-refractivity contribution in [3.63, 3.8) is 0 Å². The zero-order valence-electron chi connectivity index (χ0n) is 29.7. The first-order chi connectivity index (χ1) is 23.0. The van der Waals surface area contributed by atoms with Gasteiger partial charge < -0.3 is 54.7 Å². The van der Waals surface area contributed by atoms with Crippen molar-refractivity contribution in [1.82, 2.24) is 0 Å². The number of aliphatic hydroxyl groups is 7. The normalized spacial score (nSPS) is 50.6. The fraction of sp³-hybridized carbons (Fsp3) is 0.919. The molecule has 0 spiro atoms. The smallest absolute Gasteiger partial charge is 0.186 e. The van der Waals surface area contributed by atoms with Gasteiger partial charge in [-0.3, -0.25) is 4.79 Å². The number of ketones is 1. The number of Topliss-reactive ketones (excluding diaryl/α,β-unsaturated/α-hetero) is 1. The topological polar surface area (TPSA) is 196 Å². The summed E-state index contributed by atoms with van der Waals surface area (Å²) in [5.41, 5.74) is -0.944. The minimum Gasteiger partial charge on any atom is -0.393 e. The lowest BCUT2D eigenvalue weighted by atomic mass is 9.46. The Labute approximate surface area is 289 Å². The molecule has 3 saturated carbocycles. The molecule has 7 N–H and O–H groups in total. The van der Waals surface area contributed by atoms with Gasteiger partial charge in [-0.1, -0.05) is 46.3 Å². The van der Waals surface area contributed by atoms with Crippen LogP contribution in [-0.4, -0.2) is 122 Å². The van der Waals surface area contributed by atoms with Gasteiger partial charge in [-0.05, 0) is 80.5 Å². The first-order valence-electron chi connectivity index (χ1n) is 18.6. The molecule has 4 aliphatic carbocycles. The lowest BCUT2D eigenvalue weighted by Crippen LogP contribution is -2.63. The second-order valence-corrected chi connectivity index (χ2v) is 17.0. The molecule has 6 aliphatic rings. The summed E-state index contributed by atoms with van der Waals surface area (Å²) in [5, 5.41) is 76.2. The predicted octanol–water partition coefficient (Wildman–Crippen LogP) is 1.58. The van der Waals surface area contributed by atoms with Crippen LogP contribution in [0.1, 0.15) is 92.4 Å². The van der Waals surface area contributed by atoms with Crippen molar-refractivity contribution in [2.75, 3.05) is 13.2 Å².